The first-order valence-electron chi connectivity index (χ1n) is 6.82. The van der Waals surface area contributed by atoms with Gasteiger partial charge in [0.2, 0.25) is 5.13 Å². The van der Waals surface area contributed by atoms with Crippen molar-refractivity contribution in [3.63, 3.8) is 0 Å². The lowest BCUT2D eigenvalue weighted by Gasteiger charge is -2.09. The molecule has 1 aromatic rings. The third-order valence-corrected chi connectivity index (χ3v) is 3.70. The summed E-state index contributed by atoms with van der Waals surface area (Å²) in [5, 5.41) is 0.497. The minimum atomic E-state index is -1.16. The number of nitrogens with zero attached hydrogens (tertiary/aromatic N) is 2. The van der Waals surface area contributed by atoms with Gasteiger partial charge < -0.3 is 9.47 Å². The maximum Gasteiger partial charge on any atom is 0.325 e. The van der Waals surface area contributed by atoms with Crippen LogP contribution in [0.5, 0.6) is 0 Å². The second-order valence-electron chi connectivity index (χ2n) is 4.46. The maximum absolute atomic E-state index is 11.8. The first-order chi connectivity index (χ1) is 9.99. The van der Waals surface area contributed by atoms with Gasteiger partial charge in [0.05, 0.1) is 13.2 Å². The molecule has 6 nitrogen and oxygen atoms in total. The summed E-state index contributed by atoms with van der Waals surface area (Å²) in [6.45, 7) is 7.84. The summed E-state index contributed by atoms with van der Waals surface area (Å²) in [6.07, 6.45) is 2.98. The van der Waals surface area contributed by atoms with Crippen molar-refractivity contribution in [1.29, 1.82) is 0 Å². The number of aromatic nitrogens is 1. The van der Waals surface area contributed by atoms with Crippen LogP contribution >= 0.6 is 11.3 Å². The third kappa shape index (κ3) is 5.26. The number of carbonyl (C=O) groups excluding carboxylic acids is 2. The molecule has 0 amide bonds. The fourth-order valence-corrected chi connectivity index (χ4v) is 2.19. The molecule has 7 heteroatoms. The van der Waals surface area contributed by atoms with Gasteiger partial charge in [0.25, 0.3) is 0 Å². The molecular formula is C14H20N2O4S. The molecule has 0 radical (unpaired) electrons. The van der Waals surface area contributed by atoms with Crippen LogP contribution in [0, 0.1) is 5.92 Å². The quantitative estimate of drug-likeness (QED) is 0.439. The van der Waals surface area contributed by atoms with Gasteiger partial charge in [-0.2, -0.15) is 0 Å². The molecule has 0 spiro atoms. The van der Waals surface area contributed by atoms with Gasteiger partial charge in [0, 0.05) is 17.3 Å². The van der Waals surface area contributed by atoms with Crippen LogP contribution in [0.2, 0.25) is 0 Å². The van der Waals surface area contributed by atoms with E-state index < -0.39 is 17.9 Å². The number of hydrogen-bond acceptors (Lipinski definition) is 7. The molecule has 0 aromatic carbocycles. The van der Waals surface area contributed by atoms with Gasteiger partial charge in [0.1, 0.15) is 0 Å². The van der Waals surface area contributed by atoms with E-state index in [2.05, 4.69) is 23.8 Å². The van der Waals surface area contributed by atoms with Crippen molar-refractivity contribution in [2.45, 2.75) is 33.6 Å². The van der Waals surface area contributed by atoms with Crippen molar-refractivity contribution in [1.82, 2.24) is 4.98 Å². The summed E-state index contributed by atoms with van der Waals surface area (Å²) in [5.41, 5.74) is 0. The Labute approximate surface area is 128 Å². The monoisotopic (exact) mass is 312 g/mol. The molecule has 1 aromatic heterocycles. The molecule has 0 fully saturated rings. The van der Waals surface area contributed by atoms with Crippen LogP contribution < -0.4 is 0 Å². The molecule has 0 aliphatic carbocycles. The summed E-state index contributed by atoms with van der Waals surface area (Å²) in [7, 11) is 0. The highest BCUT2D eigenvalue weighted by Gasteiger charge is 2.27. The van der Waals surface area contributed by atoms with Gasteiger partial charge in [-0.1, -0.05) is 25.2 Å². The van der Waals surface area contributed by atoms with Crippen LogP contribution in [-0.4, -0.2) is 36.4 Å². The molecule has 0 unspecified atom stereocenters. The summed E-state index contributed by atoms with van der Waals surface area (Å²) in [6, 6.07) is 0. The van der Waals surface area contributed by atoms with Crippen LogP contribution in [0.1, 0.15) is 38.5 Å². The molecule has 0 aliphatic rings. The number of aliphatic imine (C=N–C) groups is 1. The summed E-state index contributed by atoms with van der Waals surface area (Å²) < 4.78 is 9.71. The Bertz CT molecular complexity index is 493. The van der Waals surface area contributed by atoms with Crippen molar-refractivity contribution in [2.75, 3.05) is 13.2 Å². The topological polar surface area (TPSA) is 77.9 Å². The Morgan fingerprint density at radius 2 is 1.86 bits per heavy atom. The molecule has 1 rings (SSSR count). The Hall–Kier alpha value is -1.76. The Morgan fingerprint density at radius 1 is 1.29 bits per heavy atom. The molecule has 0 saturated carbocycles. The van der Waals surface area contributed by atoms with E-state index in [4.69, 9.17) is 9.47 Å². The predicted molar refractivity (Wildman–Crippen MR) is 81.1 cm³/mol. The SMILES string of the molecule is CCOC(=O)C(C=Nc1ncc(C(C)C)s1)C(=O)OCC. The van der Waals surface area contributed by atoms with E-state index in [9.17, 15) is 9.59 Å². The van der Waals surface area contributed by atoms with Gasteiger partial charge in [-0.15, -0.1) is 0 Å². The van der Waals surface area contributed by atoms with E-state index in [1.54, 1.807) is 20.0 Å². The molecule has 0 bridgehead atoms. The van der Waals surface area contributed by atoms with Gasteiger partial charge in [0.15, 0.2) is 5.92 Å². The normalized spacial score (nSPS) is 11.3. The van der Waals surface area contributed by atoms with E-state index in [1.165, 1.54) is 17.6 Å². The smallest absolute Gasteiger partial charge is 0.325 e. The molecule has 21 heavy (non-hydrogen) atoms. The zero-order chi connectivity index (χ0) is 15.8. The Morgan fingerprint density at radius 3 is 2.29 bits per heavy atom. The zero-order valence-corrected chi connectivity index (χ0v) is 13.5. The molecule has 0 saturated heterocycles. The van der Waals surface area contributed by atoms with Crippen molar-refractivity contribution < 1.29 is 19.1 Å². The molecule has 116 valence electrons. The minimum Gasteiger partial charge on any atom is -0.465 e. The van der Waals surface area contributed by atoms with E-state index in [0.717, 1.165) is 4.88 Å². The second kappa shape index (κ2) is 8.51. The van der Waals surface area contributed by atoms with Crippen molar-refractivity contribution >= 4 is 34.6 Å². The van der Waals surface area contributed by atoms with Crippen LogP contribution in [0.15, 0.2) is 11.2 Å². The first kappa shape index (κ1) is 17.3. The van der Waals surface area contributed by atoms with Crippen LogP contribution in [0.4, 0.5) is 5.13 Å². The van der Waals surface area contributed by atoms with Crippen molar-refractivity contribution in [3.05, 3.63) is 11.1 Å². The molecular weight excluding hydrogens is 292 g/mol. The number of rotatable bonds is 7. The first-order valence-corrected chi connectivity index (χ1v) is 7.64. The van der Waals surface area contributed by atoms with Crippen molar-refractivity contribution in [2.24, 2.45) is 10.9 Å². The predicted octanol–water partition coefficient (Wildman–Crippen LogP) is 2.71. The lowest BCUT2D eigenvalue weighted by molar-refractivity contribution is -0.157. The van der Waals surface area contributed by atoms with E-state index in [1.807, 2.05) is 0 Å². The average molecular weight is 312 g/mol. The number of thiazole rings is 1. The summed E-state index contributed by atoms with van der Waals surface area (Å²) >= 11 is 1.42. The van der Waals surface area contributed by atoms with Gasteiger partial charge in [-0.3, -0.25) is 9.59 Å². The fourth-order valence-electron chi connectivity index (χ4n) is 1.42. The van der Waals surface area contributed by atoms with Crippen molar-refractivity contribution in [3.8, 4) is 0 Å². The van der Waals surface area contributed by atoms with E-state index in [-0.39, 0.29) is 13.2 Å². The summed E-state index contributed by atoms with van der Waals surface area (Å²) in [4.78, 5) is 32.8. The number of ether oxygens (including phenoxy) is 2. The minimum absolute atomic E-state index is 0.192. The highest BCUT2D eigenvalue weighted by molar-refractivity contribution is 7.15. The lowest BCUT2D eigenvalue weighted by Crippen LogP contribution is -2.29. The molecule has 0 N–H and O–H groups in total. The summed E-state index contributed by atoms with van der Waals surface area (Å²) in [5.74, 6) is -2.13. The largest absolute Gasteiger partial charge is 0.465 e. The third-order valence-electron chi connectivity index (χ3n) is 2.50. The fraction of sp³-hybridized carbons (Fsp3) is 0.571. The Balaban J connectivity index is 2.85. The number of carbonyl (C=O) groups is 2. The number of hydrogen-bond donors (Lipinski definition) is 0. The molecule has 1 heterocycles. The average Bonchev–Trinajstić information content (AvgIpc) is 2.88. The highest BCUT2D eigenvalue weighted by atomic mass is 32.1. The molecule has 0 aliphatic heterocycles. The van der Waals surface area contributed by atoms with Crippen LogP contribution in [0.25, 0.3) is 0 Å². The molecule has 0 atom stereocenters. The van der Waals surface area contributed by atoms with Crippen LogP contribution in [0.3, 0.4) is 0 Å². The zero-order valence-electron chi connectivity index (χ0n) is 12.7. The Kier molecular flexibility index (Phi) is 7.01. The lowest BCUT2D eigenvalue weighted by atomic mass is 10.2. The standard InChI is InChI=1S/C14H20N2O4S/c1-5-19-12(17)10(13(18)20-6-2)7-15-14-16-8-11(21-14)9(3)4/h7-10H,5-6H2,1-4H3. The van der Waals surface area contributed by atoms with E-state index >= 15 is 0 Å². The number of esters is 2. The second-order valence-corrected chi connectivity index (χ2v) is 5.50. The van der Waals surface area contributed by atoms with Gasteiger partial charge in [-0.05, 0) is 19.8 Å². The van der Waals surface area contributed by atoms with Gasteiger partial charge >= 0.3 is 11.9 Å². The van der Waals surface area contributed by atoms with Gasteiger partial charge in [-0.25, -0.2) is 9.98 Å². The highest BCUT2D eigenvalue weighted by Crippen LogP contribution is 2.27. The maximum atomic E-state index is 11.8. The van der Waals surface area contributed by atoms with Crippen LogP contribution in [-0.2, 0) is 19.1 Å². The van der Waals surface area contributed by atoms with E-state index in [0.29, 0.717) is 11.0 Å².